The van der Waals surface area contributed by atoms with E-state index in [1.807, 2.05) is 0 Å². The fourth-order valence-electron chi connectivity index (χ4n) is 1.36. The highest BCUT2D eigenvalue weighted by Gasteiger charge is 2.25. The largest absolute Gasteiger partial charge is 0.463 e. The summed E-state index contributed by atoms with van der Waals surface area (Å²) in [5, 5.41) is 0. The van der Waals surface area contributed by atoms with Gasteiger partial charge in [0.25, 0.3) is 0 Å². The molecular weight excluding hydrogens is 299 g/mol. The van der Waals surface area contributed by atoms with Crippen LogP contribution in [0, 0.1) is 0 Å². The molecule has 0 amide bonds. The molecule has 0 saturated heterocycles. The van der Waals surface area contributed by atoms with Crippen LogP contribution in [-0.4, -0.2) is 46.9 Å². The van der Waals surface area contributed by atoms with Gasteiger partial charge in [0.1, 0.15) is 6.61 Å². The third-order valence-electron chi connectivity index (χ3n) is 2.12. The molecule has 0 fully saturated rings. The average Bonchev–Trinajstić information content (AvgIpc) is 2.32. The fourth-order valence-corrected chi connectivity index (χ4v) is 3.64. The van der Waals surface area contributed by atoms with Gasteiger partial charge in [0.05, 0.1) is 32.4 Å². The zero-order valence-electron chi connectivity index (χ0n) is 13.1. The van der Waals surface area contributed by atoms with Crippen molar-refractivity contribution in [2.24, 2.45) is 0 Å². The monoisotopic (exact) mass is 326 g/mol. The summed E-state index contributed by atoms with van der Waals surface area (Å²) < 4.78 is 32.9. The van der Waals surface area contributed by atoms with E-state index in [9.17, 15) is 9.36 Å². The molecule has 0 aliphatic rings. The van der Waals surface area contributed by atoms with Crippen molar-refractivity contribution in [2.45, 2.75) is 39.9 Å². The molecule has 0 radical (unpaired) electrons. The normalized spacial score (nSPS) is 12.4. The number of ether oxygens (including phenoxy) is 1. The Bertz CT molecular complexity index is 318. The van der Waals surface area contributed by atoms with E-state index in [4.69, 9.17) is 18.2 Å². The van der Waals surface area contributed by atoms with Crippen LogP contribution in [0.25, 0.3) is 0 Å². The SMILES string of the molecule is CCOP(=O)(CCC(=O)OCCO[Si](C)(C)C)OCC. The minimum absolute atomic E-state index is 0.0181. The Kier molecular flexibility index (Phi) is 9.58. The van der Waals surface area contributed by atoms with Crippen LogP contribution >= 0.6 is 7.60 Å². The molecule has 0 aromatic rings. The zero-order chi connectivity index (χ0) is 15.6. The second kappa shape index (κ2) is 9.68. The molecule has 0 atom stereocenters. The maximum atomic E-state index is 12.1. The first-order valence-electron chi connectivity index (χ1n) is 6.90. The van der Waals surface area contributed by atoms with Crippen molar-refractivity contribution < 1.29 is 27.6 Å². The van der Waals surface area contributed by atoms with Gasteiger partial charge in [0.2, 0.25) is 0 Å². The molecule has 0 spiro atoms. The molecule has 6 nitrogen and oxygen atoms in total. The highest BCUT2D eigenvalue weighted by atomic mass is 31.2. The molecule has 0 aliphatic carbocycles. The number of carbonyl (C=O) groups is 1. The first kappa shape index (κ1) is 19.8. The fraction of sp³-hybridized carbons (Fsp3) is 0.917. The molecule has 0 rings (SSSR count). The van der Waals surface area contributed by atoms with E-state index < -0.39 is 21.9 Å². The van der Waals surface area contributed by atoms with Gasteiger partial charge in [-0.3, -0.25) is 9.36 Å². The van der Waals surface area contributed by atoms with Crippen LogP contribution in [0.5, 0.6) is 0 Å². The second-order valence-corrected chi connectivity index (χ2v) is 11.8. The Morgan fingerprint density at radius 3 is 2.05 bits per heavy atom. The number of rotatable bonds is 11. The molecule has 0 saturated carbocycles. The van der Waals surface area contributed by atoms with Crippen LogP contribution in [0.3, 0.4) is 0 Å². The molecule has 0 N–H and O–H groups in total. The summed E-state index contributed by atoms with van der Waals surface area (Å²) in [5.41, 5.74) is 0. The summed E-state index contributed by atoms with van der Waals surface area (Å²) in [4.78, 5) is 11.5. The summed E-state index contributed by atoms with van der Waals surface area (Å²) in [6.07, 6.45) is 0.0621. The number of esters is 1. The first-order chi connectivity index (χ1) is 9.22. The number of carbonyl (C=O) groups excluding carboxylic acids is 1. The van der Waals surface area contributed by atoms with E-state index in [1.54, 1.807) is 13.8 Å². The van der Waals surface area contributed by atoms with Gasteiger partial charge in [-0.2, -0.15) is 0 Å². The maximum Gasteiger partial charge on any atom is 0.331 e. The van der Waals surface area contributed by atoms with Gasteiger partial charge in [-0.15, -0.1) is 0 Å². The summed E-state index contributed by atoms with van der Waals surface area (Å²) in [7, 11) is -4.74. The van der Waals surface area contributed by atoms with E-state index in [-0.39, 0.29) is 32.4 Å². The summed E-state index contributed by atoms with van der Waals surface area (Å²) in [5.74, 6) is -0.413. The zero-order valence-corrected chi connectivity index (χ0v) is 15.0. The third-order valence-corrected chi connectivity index (χ3v) is 5.27. The Hall–Kier alpha value is -0.203. The van der Waals surface area contributed by atoms with E-state index in [0.29, 0.717) is 6.61 Å². The van der Waals surface area contributed by atoms with E-state index in [1.165, 1.54) is 0 Å². The molecule has 8 heteroatoms. The molecule has 120 valence electrons. The van der Waals surface area contributed by atoms with Crippen molar-refractivity contribution in [1.82, 2.24) is 0 Å². The Morgan fingerprint density at radius 2 is 1.60 bits per heavy atom. The van der Waals surface area contributed by atoms with Crippen LogP contribution < -0.4 is 0 Å². The Labute approximate surface area is 122 Å². The minimum Gasteiger partial charge on any atom is -0.463 e. The van der Waals surface area contributed by atoms with Gasteiger partial charge in [-0.25, -0.2) is 0 Å². The average molecular weight is 326 g/mol. The van der Waals surface area contributed by atoms with Crippen LogP contribution in [0.15, 0.2) is 0 Å². The van der Waals surface area contributed by atoms with Crippen LogP contribution in [-0.2, 0) is 27.6 Å². The lowest BCUT2D eigenvalue weighted by Gasteiger charge is -2.18. The molecule has 20 heavy (non-hydrogen) atoms. The lowest BCUT2D eigenvalue weighted by molar-refractivity contribution is -0.144. The molecule has 0 aliphatic heterocycles. The summed E-state index contributed by atoms with van der Waals surface area (Å²) >= 11 is 0. The van der Waals surface area contributed by atoms with Crippen molar-refractivity contribution in [3.8, 4) is 0 Å². The minimum atomic E-state index is -3.16. The van der Waals surface area contributed by atoms with E-state index in [2.05, 4.69) is 19.6 Å². The van der Waals surface area contributed by atoms with Gasteiger partial charge in [-0.1, -0.05) is 0 Å². The molecular formula is C12H27O6PSi. The molecule has 0 bridgehead atoms. The quantitative estimate of drug-likeness (QED) is 0.251. The topological polar surface area (TPSA) is 71.1 Å². The maximum absolute atomic E-state index is 12.1. The predicted octanol–water partition coefficient (Wildman–Crippen LogP) is 3.04. The van der Waals surface area contributed by atoms with Gasteiger partial charge >= 0.3 is 13.6 Å². The van der Waals surface area contributed by atoms with Crippen molar-refractivity contribution in [3.05, 3.63) is 0 Å². The first-order valence-corrected chi connectivity index (χ1v) is 12.0. The van der Waals surface area contributed by atoms with Gasteiger partial charge in [0, 0.05) is 0 Å². The van der Waals surface area contributed by atoms with Gasteiger partial charge < -0.3 is 18.2 Å². The van der Waals surface area contributed by atoms with Crippen LogP contribution in [0.4, 0.5) is 0 Å². The standard InChI is InChI=1S/C12H27O6PSi/c1-6-16-19(14,17-7-2)11-8-12(13)15-9-10-18-20(3,4)5/h6-11H2,1-5H3. The molecule has 0 heterocycles. The van der Waals surface area contributed by atoms with Crippen molar-refractivity contribution in [1.29, 1.82) is 0 Å². The number of hydrogen-bond donors (Lipinski definition) is 0. The third kappa shape index (κ3) is 10.6. The van der Waals surface area contributed by atoms with Crippen molar-refractivity contribution >= 4 is 21.9 Å². The predicted molar refractivity (Wildman–Crippen MR) is 80.6 cm³/mol. The van der Waals surface area contributed by atoms with E-state index in [0.717, 1.165) is 0 Å². The van der Waals surface area contributed by atoms with Crippen LogP contribution in [0.1, 0.15) is 20.3 Å². The smallest absolute Gasteiger partial charge is 0.331 e. The summed E-state index contributed by atoms with van der Waals surface area (Å²) in [6, 6.07) is 0. The van der Waals surface area contributed by atoms with Crippen molar-refractivity contribution in [2.75, 3.05) is 32.6 Å². The Balaban J connectivity index is 3.94. The highest BCUT2D eigenvalue weighted by molar-refractivity contribution is 7.53. The van der Waals surface area contributed by atoms with Gasteiger partial charge in [-0.05, 0) is 33.5 Å². The highest BCUT2D eigenvalue weighted by Crippen LogP contribution is 2.48. The Morgan fingerprint density at radius 1 is 1.05 bits per heavy atom. The molecule has 0 aromatic heterocycles. The van der Waals surface area contributed by atoms with Crippen molar-refractivity contribution in [3.63, 3.8) is 0 Å². The number of hydrogen-bond acceptors (Lipinski definition) is 6. The second-order valence-electron chi connectivity index (χ2n) is 5.10. The lowest BCUT2D eigenvalue weighted by Crippen LogP contribution is -2.27. The van der Waals surface area contributed by atoms with E-state index >= 15 is 0 Å². The van der Waals surface area contributed by atoms with Gasteiger partial charge in [0.15, 0.2) is 8.32 Å². The lowest BCUT2D eigenvalue weighted by atomic mass is 10.5. The molecule has 0 aromatic carbocycles. The summed E-state index contributed by atoms with van der Waals surface area (Å²) in [6.45, 7) is 10.9. The molecule has 0 unspecified atom stereocenters. The van der Waals surface area contributed by atoms with Crippen LogP contribution in [0.2, 0.25) is 19.6 Å².